The van der Waals surface area contributed by atoms with E-state index in [1.54, 1.807) is 38.1 Å². The molecule has 0 radical (unpaired) electrons. The lowest BCUT2D eigenvalue weighted by molar-refractivity contribution is -0.138. The fourth-order valence-electron chi connectivity index (χ4n) is 5.30. The van der Waals surface area contributed by atoms with Gasteiger partial charge < -0.3 is 24.3 Å². The molecule has 1 aliphatic carbocycles. The second kappa shape index (κ2) is 12.8. The minimum atomic E-state index is -0.653. The number of allylic oxidation sites excluding steroid dienone is 3. The van der Waals surface area contributed by atoms with Crippen molar-refractivity contribution in [3.8, 4) is 17.2 Å². The molecule has 0 saturated carbocycles. The summed E-state index contributed by atoms with van der Waals surface area (Å²) in [7, 11) is 4.62. The van der Waals surface area contributed by atoms with Crippen molar-refractivity contribution in [2.75, 3.05) is 39.4 Å². The van der Waals surface area contributed by atoms with Crippen LogP contribution in [-0.4, -0.2) is 51.2 Å². The molecule has 0 aromatic heterocycles. The van der Waals surface area contributed by atoms with Crippen LogP contribution in [0.25, 0.3) is 0 Å². The van der Waals surface area contributed by atoms with E-state index >= 15 is 0 Å². The van der Waals surface area contributed by atoms with Gasteiger partial charge in [-0.2, -0.15) is 11.8 Å². The van der Waals surface area contributed by atoms with Gasteiger partial charge in [0, 0.05) is 40.1 Å². The Labute approximate surface area is 238 Å². The molecule has 0 amide bonds. The number of hydrogen-bond acceptors (Lipinski definition) is 8. The summed E-state index contributed by atoms with van der Waals surface area (Å²) in [6, 6.07) is 11.2. The van der Waals surface area contributed by atoms with Gasteiger partial charge in [0.2, 0.25) is 5.75 Å². The second-order valence-corrected chi connectivity index (χ2v) is 11.2. The van der Waals surface area contributed by atoms with Crippen molar-refractivity contribution in [1.29, 1.82) is 0 Å². The maximum Gasteiger partial charge on any atom is 0.336 e. The molecule has 0 fully saturated rings. The molecule has 2 aromatic rings. The first-order valence-corrected chi connectivity index (χ1v) is 14.4. The van der Waals surface area contributed by atoms with Gasteiger partial charge in [0.05, 0.1) is 26.9 Å². The lowest BCUT2D eigenvalue weighted by Gasteiger charge is -2.37. The van der Waals surface area contributed by atoms with Crippen molar-refractivity contribution in [2.24, 2.45) is 0 Å². The highest BCUT2D eigenvalue weighted by Crippen LogP contribution is 2.49. The summed E-state index contributed by atoms with van der Waals surface area (Å²) in [4.78, 5) is 27.4. The van der Waals surface area contributed by atoms with Crippen LogP contribution in [0.15, 0.2) is 58.9 Å². The van der Waals surface area contributed by atoms with Gasteiger partial charge in [-0.1, -0.05) is 30.7 Å². The minimum Gasteiger partial charge on any atom is -0.493 e. The normalized spacial score (nSPS) is 18.9. The fraction of sp³-hybridized carbons (Fsp3) is 0.400. The number of nitrogens with one attached hydrogen (secondary N) is 1. The summed E-state index contributed by atoms with van der Waals surface area (Å²) in [5.41, 5.74) is 4.17. The Hall–Kier alpha value is -3.10. The summed E-state index contributed by atoms with van der Waals surface area (Å²) < 4.78 is 22.4. The zero-order valence-corrected chi connectivity index (χ0v) is 24.5. The zero-order valence-electron chi connectivity index (χ0n) is 22.9. The summed E-state index contributed by atoms with van der Waals surface area (Å²) in [5, 5.41) is 4.04. The number of ketones is 1. The molecule has 1 N–H and O–H groups in total. The predicted octanol–water partition coefficient (Wildman–Crippen LogP) is 6.02. The van der Waals surface area contributed by atoms with E-state index in [0.29, 0.717) is 63.3 Å². The average Bonchev–Trinajstić information content (AvgIpc) is 2.93. The molecule has 0 bridgehead atoms. The zero-order chi connectivity index (χ0) is 28.1. The summed E-state index contributed by atoms with van der Waals surface area (Å²) >= 11 is 7.80. The highest BCUT2D eigenvalue weighted by molar-refractivity contribution is 7.99. The number of ether oxygens (including phenoxy) is 4. The number of thioether (sulfide) groups is 1. The van der Waals surface area contributed by atoms with E-state index < -0.39 is 11.9 Å². The van der Waals surface area contributed by atoms with Crippen molar-refractivity contribution >= 4 is 35.1 Å². The average molecular weight is 572 g/mol. The number of hydrogen-bond donors (Lipinski definition) is 1. The molecule has 2 aliphatic rings. The van der Waals surface area contributed by atoms with E-state index in [4.69, 9.17) is 30.5 Å². The number of benzene rings is 2. The van der Waals surface area contributed by atoms with Crippen LogP contribution in [0.5, 0.6) is 17.2 Å². The van der Waals surface area contributed by atoms with Crippen molar-refractivity contribution in [3.63, 3.8) is 0 Å². The Balaban J connectivity index is 1.81. The first-order chi connectivity index (χ1) is 18.8. The highest BCUT2D eigenvalue weighted by atomic mass is 35.5. The Morgan fingerprint density at radius 3 is 2.28 bits per heavy atom. The van der Waals surface area contributed by atoms with Crippen molar-refractivity contribution in [3.05, 3.63) is 75.1 Å². The maximum atomic E-state index is 13.9. The van der Waals surface area contributed by atoms with Crippen LogP contribution in [0.4, 0.5) is 0 Å². The lowest BCUT2D eigenvalue weighted by atomic mass is 9.71. The van der Waals surface area contributed by atoms with Crippen molar-refractivity contribution in [1.82, 2.24) is 5.32 Å². The third kappa shape index (κ3) is 6.07. The topological polar surface area (TPSA) is 83.1 Å². The van der Waals surface area contributed by atoms with E-state index in [-0.39, 0.29) is 18.3 Å². The quantitative estimate of drug-likeness (QED) is 0.274. The largest absolute Gasteiger partial charge is 0.493 e. The Morgan fingerprint density at radius 2 is 1.69 bits per heavy atom. The minimum absolute atomic E-state index is 0.00558. The Morgan fingerprint density at radius 1 is 1.03 bits per heavy atom. The van der Waals surface area contributed by atoms with Gasteiger partial charge in [-0.25, -0.2) is 4.79 Å². The first-order valence-electron chi connectivity index (χ1n) is 12.9. The molecule has 0 spiro atoms. The van der Waals surface area contributed by atoms with Gasteiger partial charge >= 0.3 is 5.97 Å². The van der Waals surface area contributed by atoms with Gasteiger partial charge in [-0.15, -0.1) is 0 Å². The molecular formula is C30H34ClNO6S. The van der Waals surface area contributed by atoms with E-state index in [9.17, 15) is 9.59 Å². The number of carbonyl (C=O) groups excluding carboxylic acids is 2. The van der Waals surface area contributed by atoms with E-state index in [0.717, 1.165) is 17.0 Å². The van der Waals surface area contributed by atoms with E-state index in [1.807, 2.05) is 31.2 Å². The number of methoxy groups -OCH3 is 3. The van der Waals surface area contributed by atoms with Crippen LogP contribution in [0.1, 0.15) is 49.7 Å². The molecule has 39 heavy (non-hydrogen) atoms. The SMILES string of the molecule is CCSCCOC(=O)C1=C(C)NC2=C(C(=O)CC(c3ccc(Cl)cc3)C2)C1c1cc(OC)c(OC)c(OC)c1. The number of esters is 1. The second-order valence-electron chi connectivity index (χ2n) is 9.36. The van der Waals surface area contributed by atoms with Crippen LogP contribution < -0.4 is 19.5 Å². The summed E-state index contributed by atoms with van der Waals surface area (Å²) in [6.45, 7) is 4.20. The fourth-order valence-corrected chi connectivity index (χ4v) is 5.91. The standard InChI is InChI=1S/C30H34ClNO6S/c1-6-39-12-11-38-30(34)26-17(2)32-22-13-19(18-7-9-21(31)10-8-18)14-23(33)28(22)27(26)20-15-24(35-3)29(37-5)25(16-20)36-4/h7-10,15-16,19,27,32H,6,11-14H2,1-5H3. The Bertz CT molecular complexity index is 1280. The third-order valence-electron chi connectivity index (χ3n) is 7.07. The molecule has 2 atom stereocenters. The van der Waals surface area contributed by atoms with Gasteiger partial charge in [0.25, 0.3) is 0 Å². The van der Waals surface area contributed by atoms with E-state index in [1.165, 1.54) is 7.11 Å². The number of dihydropyridines is 1. The van der Waals surface area contributed by atoms with E-state index in [2.05, 4.69) is 12.2 Å². The molecule has 7 nitrogen and oxygen atoms in total. The number of halogens is 1. The van der Waals surface area contributed by atoms with Crippen LogP contribution in [0, 0.1) is 0 Å². The third-order valence-corrected chi connectivity index (χ3v) is 8.19. The molecule has 208 valence electrons. The number of Topliss-reactive ketones (excluding diaryl/α,β-unsaturated/α-hetero) is 1. The molecule has 0 saturated heterocycles. The molecule has 1 aliphatic heterocycles. The predicted molar refractivity (Wildman–Crippen MR) is 154 cm³/mol. The van der Waals surface area contributed by atoms with Crippen molar-refractivity contribution in [2.45, 2.75) is 38.5 Å². The van der Waals surface area contributed by atoms with Crippen LogP contribution in [0.3, 0.4) is 0 Å². The lowest BCUT2D eigenvalue weighted by Crippen LogP contribution is -2.36. The summed E-state index contributed by atoms with van der Waals surface area (Å²) in [6.07, 6.45) is 0.939. The molecule has 4 rings (SSSR count). The van der Waals surface area contributed by atoms with Crippen molar-refractivity contribution < 1.29 is 28.5 Å². The number of rotatable bonds is 10. The molecule has 1 heterocycles. The maximum absolute atomic E-state index is 13.9. The van der Waals surface area contributed by atoms with Crippen LogP contribution >= 0.6 is 23.4 Å². The van der Waals surface area contributed by atoms with Crippen LogP contribution in [-0.2, 0) is 14.3 Å². The molecule has 2 unspecified atom stereocenters. The van der Waals surface area contributed by atoms with Crippen LogP contribution in [0.2, 0.25) is 5.02 Å². The van der Waals surface area contributed by atoms with Gasteiger partial charge in [0.1, 0.15) is 6.61 Å². The smallest absolute Gasteiger partial charge is 0.336 e. The Kier molecular flexibility index (Phi) is 9.51. The first kappa shape index (κ1) is 28.9. The number of carbonyl (C=O) groups is 2. The molecular weight excluding hydrogens is 538 g/mol. The molecule has 2 aromatic carbocycles. The highest BCUT2D eigenvalue weighted by Gasteiger charge is 2.42. The molecule has 9 heteroatoms. The van der Waals surface area contributed by atoms with Gasteiger partial charge in [-0.3, -0.25) is 4.79 Å². The summed E-state index contributed by atoms with van der Waals surface area (Å²) in [5.74, 6) is 1.83. The van der Waals surface area contributed by atoms with Gasteiger partial charge in [0.15, 0.2) is 17.3 Å². The van der Waals surface area contributed by atoms with Gasteiger partial charge in [-0.05, 0) is 60.4 Å². The monoisotopic (exact) mass is 571 g/mol.